The number of likely N-dealkylation sites (N-methyl/N-ethyl adjacent to an activating group) is 1. The van der Waals surface area contributed by atoms with Gasteiger partial charge in [-0.3, -0.25) is 9.59 Å². The van der Waals surface area contributed by atoms with E-state index in [0.29, 0.717) is 18.3 Å². The zero-order chi connectivity index (χ0) is 13.1. The van der Waals surface area contributed by atoms with Crippen molar-refractivity contribution in [3.63, 3.8) is 0 Å². The van der Waals surface area contributed by atoms with Gasteiger partial charge in [-0.25, -0.2) is 4.68 Å². The summed E-state index contributed by atoms with van der Waals surface area (Å²) in [5.74, 6) is -0.0354. The van der Waals surface area contributed by atoms with Crippen LogP contribution in [0.25, 0.3) is 0 Å². The van der Waals surface area contributed by atoms with Crippen molar-refractivity contribution >= 4 is 11.6 Å². The van der Waals surface area contributed by atoms with Gasteiger partial charge in [0.15, 0.2) is 0 Å². The van der Waals surface area contributed by atoms with Gasteiger partial charge < -0.3 is 10.2 Å². The Bertz CT molecular complexity index is 493. The highest BCUT2D eigenvalue weighted by atomic mass is 16.2. The third-order valence-electron chi connectivity index (χ3n) is 3.09. The molecule has 18 heavy (non-hydrogen) atoms. The first kappa shape index (κ1) is 12.6. The Kier molecular flexibility index (Phi) is 3.64. The molecule has 0 spiro atoms. The molecule has 1 saturated carbocycles. The standard InChI is InChI=1S/C12H18N4O2/c1-3-15(10-4-5-10)12(18)8-16-11(17)6-9(13-2)7-14-16/h6-7,10,13H,3-5,8H2,1-2H3. The van der Waals surface area contributed by atoms with Crippen molar-refractivity contribution in [1.82, 2.24) is 14.7 Å². The van der Waals surface area contributed by atoms with Crippen LogP contribution in [0.2, 0.25) is 0 Å². The second-order valence-electron chi connectivity index (χ2n) is 4.40. The van der Waals surface area contributed by atoms with Crippen LogP contribution in [0.4, 0.5) is 5.69 Å². The Labute approximate surface area is 106 Å². The molecule has 6 nitrogen and oxygen atoms in total. The first-order chi connectivity index (χ1) is 8.65. The van der Waals surface area contributed by atoms with Gasteiger partial charge in [0.1, 0.15) is 6.54 Å². The van der Waals surface area contributed by atoms with E-state index in [1.54, 1.807) is 13.2 Å². The van der Waals surface area contributed by atoms with E-state index in [0.717, 1.165) is 12.8 Å². The monoisotopic (exact) mass is 250 g/mol. The largest absolute Gasteiger partial charge is 0.387 e. The van der Waals surface area contributed by atoms with Crippen molar-refractivity contribution in [3.05, 3.63) is 22.6 Å². The quantitative estimate of drug-likeness (QED) is 0.816. The molecule has 0 atom stereocenters. The van der Waals surface area contributed by atoms with Crippen LogP contribution >= 0.6 is 0 Å². The fraction of sp³-hybridized carbons (Fsp3) is 0.583. The molecule has 1 aromatic heterocycles. The lowest BCUT2D eigenvalue weighted by molar-refractivity contribution is -0.132. The van der Waals surface area contributed by atoms with E-state index in [4.69, 9.17) is 0 Å². The minimum absolute atomic E-state index is 0.0210. The van der Waals surface area contributed by atoms with Gasteiger partial charge in [0.25, 0.3) is 5.56 Å². The van der Waals surface area contributed by atoms with Gasteiger partial charge >= 0.3 is 0 Å². The lowest BCUT2D eigenvalue weighted by Crippen LogP contribution is -2.38. The van der Waals surface area contributed by atoms with E-state index in [1.807, 2.05) is 11.8 Å². The summed E-state index contributed by atoms with van der Waals surface area (Å²) in [6.07, 6.45) is 3.68. The molecule has 1 amide bonds. The molecule has 1 aliphatic rings. The Morgan fingerprint density at radius 3 is 2.83 bits per heavy atom. The van der Waals surface area contributed by atoms with E-state index in [2.05, 4.69) is 10.4 Å². The summed E-state index contributed by atoms with van der Waals surface area (Å²) in [4.78, 5) is 25.6. The number of anilines is 1. The van der Waals surface area contributed by atoms with Crippen LogP contribution in [0.1, 0.15) is 19.8 Å². The normalized spacial score (nSPS) is 14.3. The van der Waals surface area contributed by atoms with Gasteiger partial charge in [0, 0.05) is 25.7 Å². The molecule has 1 heterocycles. The Morgan fingerprint density at radius 1 is 1.61 bits per heavy atom. The number of hydrogen-bond donors (Lipinski definition) is 1. The molecule has 1 aliphatic carbocycles. The summed E-state index contributed by atoms with van der Waals surface area (Å²) in [6.45, 7) is 2.66. The predicted octanol–water partition coefficient (Wildman–Crippen LogP) is 0.296. The first-order valence-electron chi connectivity index (χ1n) is 6.20. The van der Waals surface area contributed by atoms with Gasteiger partial charge in [0.2, 0.25) is 5.91 Å². The maximum atomic E-state index is 12.0. The molecule has 0 bridgehead atoms. The predicted molar refractivity (Wildman–Crippen MR) is 68.5 cm³/mol. The van der Waals surface area contributed by atoms with Crippen LogP contribution in [-0.2, 0) is 11.3 Å². The minimum atomic E-state index is -0.262. The summed E-state index contributed by atoms with van der Waals surface area (Å²) in [5.41, 5.74) is 0.389. The number of nitrogens with one attached hydrogen (secondary N) is 1. The zero-order valence-electron chi connectivity index (χ0n) is 10.7. The number of aromatic nitrogens is 2. The fourth-order valence-electron chi connectivity index (χ4n) is 1.93. The second-order valence-corrected chi connectivity index (χ2v) is 4.40. The summed E-state index contributed by atoms with van der Waals surface area (Å²) in [6, 6.07) is 1.81. The zero-order valence-corrected chi connectivity index (χ0v) is 10.7. The van der Waals surface area contributed by atoms with E-state index >= 15 is 0 Å². The average Bonchev–Trinajstić information content (AvgIpc) is 3.17. The van der Waals surface area contributed by atoms with Gasteiger partial charge in [-0.15, -0.1) is 0 Å². The molecule has 0 saturated heterocycles. The van der Waals surface area contributed by atoms with E-state index in [1.165, 1.54) is 10.7 Å². The van der Waals surface area contributed by atoms with E-state index in [9.17, 15) is 9.59 Å². The molecular formula is C12H18N4O2. The molecule has 6 heteroatoms. The highest BCUT2D eigenvalue weighted by Gasteiger charge is 2.31. The lowest BCUT2D eigenvalue weighted by atomic mass is 10.4. The van der Waals surface area contributed by atoms with E-state index in [-0.39, 0.29) is 18.0 Å². The third-order valence-corrected chi connectivity index (χ3v) is 3.09. The molecule has 1 fully saturated rings. The highest BCUT2D eigenvalue weighted by Crippen LogP contribution is 2.26. The van der Waals surface area contributed by atoms with Crippen molar-refractivity contribution in [2.75, 3.05) is 18.9 Å². The van der Waals surface area contributed by atoms with Crippen molar-refractivity contribution in [2.24, 2.45) is 0 Å². The lowest BCUT2D eigenvalue weighted by Gasteiger charge is -2.20. The number of amides is 1. The minimum Gasteiger partial charge on any atom is -0.387 e. The van der Waals surface area contributed by atoms with Crippen LogP contribution in [0, 0.1) is 0 Å². The van der Waals surface area contributed by atoms with Gasteiger partial charge in [-0.2, -0.15) is 5.10 Å². The van der Waals surface area contributed by atoms with Gasteiger partial charge in [-0.1, -0.05) is 0 Å². The molecular weight excluding hydrogens is 232 g/mol. The summed E-state index contributed by atoms with van der Waals surface area (Å²) >= 11 is 0. The first-order valence-corrected chi connectivity index (χ1v) is 6.20. The highest BCUT2D eigenvalue weighted by molar-refractivity contribution is 5.76. The van der Waals surface area contributed by atoms with Crippen LogP contribution in [0.5, 0.6) is 0 Å². The maximum absolute atomic E-state index is 12.0. The molecule has 0 radical (unpaired) electrons. The fourth-order valence-corrected chi connectivity index (χ4v) is 1.93. The number of carbonyl (C=O) groups excluding carboxylic acids is 1. The maximum Gasteiger partial charge on any atom is 0.269 e. The topological polar surface area (TPSA) is 67.2 Å². The summed E-state index contributed by atoms with van der Waals surface area (Å²) in [7, 11) is 1.72. The Hall–Kier alpha value is -1.85. The van der Waals surface area contributed by atoms with Crippen molar-refractivity contribution < 1.29 is 4.79 Å². The Morgan fingerprint density at radius 2 is 2.33 bits per heavy atom. The van der Waals surface area contributed by atoms with Crippen LogP contribution in [0.3, 0.4) is 0 Å². The smallest absolute Gasteiger partial charge is 0.269 e. The molecule has 2 rings (SSSR count). The second kappa shape index (κ2) is 5.20. The van der Waals surface area contributed by atoms with Crippen molar-refractivity contribution in [2.45, 2.75) is 32.4 Å². The summed E-state index contributed by atoms with van der Waals surface area (Å²) < 4.78 is 1.20. The molecule has 0 aliphatic heterocycles. The van der Waals surface area contributed by atoms with Gasteiger partial charge in [0.05, 0.1) is 11.9 Å². The Balaban J connectivity index is 2.08. The number of carbonyl (C=O) groups is 1. The third kappa shape index (κ3) is 2.69. The van der Waals surface area contributed by atoms with Crippen LogP contribution < -0.4 is 10.9 Å². The summed E-state index contributed by atoms with van der Waals surface area (Å²) in [5, 5.41) is 6.82. The van der Waals surface area contributed by atoms with Crippen LogP contribution in [-0.4, -0.2) is 40.2 Å². The number of rotatable bonds is 5. The SMILES string of the molecule is CCN(C(=O)Cn1ncc(NC)cc1=O)C1CC1. The van der Waals surface area contributed by atoms with E-state index < -0.39 is 0 Å². The number of hydrogen-bond acceptors (Lipinski definition) is 4. The van der Waals surface area contributed by atoms with Crippen LogP contribution in [0.15, 0.2) is 17.1 Å². The molecule has 0 unspecified atom stereocenters. The average molecular weight is 250 g/mol. The number of nitrogens with zero attached hydrogens (tertiary/aromatic N) is 3. The molecule has 98 valence electrons. The van der Waals surface area contributed by atoms with Gasteiger partial charge in [-0.05, 0) is 19.8 Å². The molecule has 1 aromatic rings. The molecule has 1 N–H and O–H groups in total. The molecule has 0 aromatic carbocycles. The van der Waals surface area contributed by atoms with Crippen molar-refractivity contribution in [3.8, 4) is 0 Å². The van der Waals surface area contributed by atoms with Crippen molar-refractivity contribution in [1.29, 1.82) is 0 Å².